The van der Waals surface area contributed by atoms with Gasteiger partial charge in [-0.1, -0.05) is 197 Å². The summed E-state index contributed by atoms with van der Waals surface area (Å²) in [7, 11) is 0. The molecular weight excluding hydrogens is 733 g/mol. The first-order valence-corrected chi connectivity index (χ1v) is 24.8. The Kier molecular flexibility index (Phi) is 45.4. The van der Waals surface area contributed by atoms with Crippen LogP contribution >= 0.6 is 0 Å². The zero-order chi connectivity index (χ0) is 43.0. The van der Waals surface area contributed by atoms with E-state index in [-0.39, 0.29) is 37.5 Å². The van der Waals surface area contributed by atoms with Crippen LogP contribution < -0.4 is 0 Å². The summed E-state index contributed by atoms with van der Waals surface area (Å²) in [6, 6.07) is 0. The Morgan fingerprint density at radius 1 is 0.356 bits per heavy atom. The van der Waals surface area contributed by atoms with E-state index < -0.39 is 6.10 Å². The van der Waals surface area contributed by atoms with Crippen LogP contribution in [0, 0.1) is 0 Å². The van der Waals surface area contributed by atoms with Crippen LogP contribution in [-0.2, 0) is 28.6 Å². The predicted molar refractivity (Wildman–Crippen MR) is 251 cm³/mol. The molecule has 0 N–H and O–H groups in total. The molecule has 0 amide bonds. The van der Waals surface area contributed by atoms with Crippen LogP contribution in [0.2, 0.25) is 0 Å². The minimum Gasteiger partial charge on any atom is -0.462 e. The summed E-state index contributed by atoms with van der Waals surface area (Å²) in [6.45, 7) is 6.47. The zero-order valence-corrected chi connectivity index (χ0v) is 38.8. The Balaban J connectivity index is 4.43. The Bertz CT molecular complexity index is 1090. The fourth-order valence-corrected chi connectivity index (χ4v) is 6.78. The van der Waals surface area contributed by atoms with Gasteiger partial charge in [-0.25, -0.2) is 0 Å². The van der Waals surface area contributed by atoms with E-state index in [1.54, 1.807) is 0 Å². The molecule has 0 fully saturated rings. The smallest absolute Gasteiger partial charge is 0.306 e. The van der Waals surface area contributed by atoms with Gasteiger partial charge < -0.3 is 14.2 Å². The van der Waals surface area contributed by atoms with Gasteiger partial charge in [0.2, 0.25) is 0 Å². The molecule has 1 atom stereocenters. The maximum absolute atomic E-state index is 12.7. The fourth-order valence-electron chi connectivity index (χ4n) is 6.78. The minimum absolute atomic E-state index is 0.0922. The topological polar surface area (TPSA) is 78.9 Å². The van der Waals surface area contributed by atoms with Gasteiger partial charge in [-0.2, -0.15) is 0 Å². The van der Waals surface area contributed by atoms with Crippen molar-refractivity contribution in [3.05, 3.63) is 60.8 Å². The molecule has 0 aliphatic heterocycles. The van der Waals surface area contributed by atoms with Gasteiger partial charge in [0.15, 0.2) is 6.10 Å². The summed E-state index contributed by atoms with van der Waals surface area (Å²) in [5, 5.41) is 0. The highest BCUT2D eigenvalue weighted by molar-refractivity contribution is 5.71. The Morgan fingerprint density at radius 3 is 1.08 bits per heavy atom. The largest absolute Gasteiger partial charge is 0.462 e. The van der Waals surface area contributed by atoms with Gasteiger partial charge in [0.1, 0.15) is 13.2 Å². The highest BCUT2D eigenvalue weighted by Gasteiger charge is 2.19. The number of ether oxygens (including phenoxy) is 3. The molecule has 0 aliphatic rings. The van der Waals surface area contributed by atoms with Crippen molar-refractivity contribution in [1.29, 1.82) is 0 Å². The Morgan fingerprint density at radius 2 is 0.661 bits per heavy atom. The molecule has 0 bridgehead atoms. The monoisotopic (exact) mass is 825 g/mol. The van der Waals surface area contributed by atoms with Gasteiger partial charge in [-0.3, -0.25) is 14.4 Å². The number of hydrogen-bond acceptors (Lipinski definition) is 6. The van der Waals surface area contributed by atoms with E-state index in [2.05, 4.69) is 81.5 Å². The van der Waals surface area contributed by atoms with E-state index in [0.29, 0.717) is 19.3 Å². The highest BCUT2D eigenvalue weighted by atomic mass is 16.6. The van der Waals surface area contributed by atoms with Gasteiger partial charge in [-0.05, 0) is 83.5 Å². The minimum atomic E-state index is -0.795. The number of rotatable bonds is 44. The van der Waals surface area contributed by atoms with Crippen LogP contribution in [0.25, 0.3) is 0 Å². The summed E-state index contributed by atoms with van der Waals surface area (Å²) in [4.78, 5) is 37.8. The highest BCUT2D eigenvalue weighted by Crippen LogP contribution is 2.14. The van der Waals surface area contributed by atoms with E-state index in [9.17, 15) is 14.4 Å². The van der Waals surface area contributed by atoms with Crippen LogP contribution in [0.5, 0.6) is 0 Å². The van der Waals surface area contributed by atoms with E-state index >= 15 is 0 Å². The van der Waals surface area contributed by atoms with Crippen molar-refractivity contribution in [3.63, 3.8) is 0 Å². The second-order valence-corrected chi connectivity index (χ2v) is 16.3. The molecule has 0 aliphatic carbocycles. The Labute approximate surface area is 364 Å². The van der Waals surface area contributed by atoms with Crippen molar-refractivity contribution >= 4 is 17.9 Å². The second kappa shape index (κ2) is 47.8. The third-order valence-corrected chi connectivity index (χ3v) is 10.5. The number of unbranched alkanes of at least 4 members (excludes halogenated alkanes) is 23. The predicted octanol–water partition coefficient (Wildman–Crippen LogP) is 16.1. The second-order valence-electron chi connectivity index (χ2n) is 16.3. The summed E-state index contributed by atoms with van der Waals surface area (Å²) in [5.74, 6) is -0.943. The first-order chi connectivity index (χ1) is 29.0. The molecule has 340 valence electrons. The van der Waals surface area contributed by atoms with Crippen LogP contribution in [-0.4, -0.2) is 37.2 Å². The summed E-state index contributed by atoms with van der Waals surface area (Å²) in [6.07, 6.45) is 57.8. The molecule has 0 aromatic carbocycles. The van der Waals surface area contributed by atoms with E-state index in [0.717, 1.165) is 83.5 Å². The molecule has 0 heterocycles. The van der Waals surface area contributed by atoms with Gasteiger partial charge >= 0.3 is 17.9 Å². The molecular formula is C53H92O6. The van der Waals surface area contributed by atoms with Crippen molar-refractivity contribution in [1.82, 2.24) is 0 Å². The lowest BCUT2D eigenvalue weighted by molar-refractivity contribution is -0.167. The van der Waals surface area contributed by atoms with Crippen LogP contribution in [0.3, 0.4) is 0 Å². The molecule has 6 nitrogen and oxygen atoms in total. The molecule has 0 aromatic heterocycles. The van der Waals surface area contributed by atoms with Crippen molar-refractivity contribution in [2.75, 3.05) is 13.2 Å². The third-order valence-electron chi connectivity index (χ3n) is 10.5. The van der Waals surface area contributed by atoms with E-state index in [4.69, 9.17) is 14.2 Å². The summed E-state index contributed by atoms with van der Waals surface area (Å²) < 4.78 is 16.7. The number of allylic oxidation sites excluding steroid dienone is 10. The van der Waals surface area contributed by atoms with Crippen molar-refractivity contribution in [2.24, 2.45) is 0 Å². The van der Waals surface area contributed by atoms with Crippen LogP contribution in [0.1, 0.15) is 239 Å². The molecule has 0 rings (SSSR count). The lowest BCUT2D eigenvalue weighted by atomic mass is 10.1. The molecule has 59 heavy (non-hydrogen) atoms. The molecule has 0 radical (unpaired) electrons. The zero-order valence-electron chi connectivity index (χ0n) is 38.8. The number of carbonyl (C=O) groups is 3. The quantitative estimate of drug-likeness (QED) is 0.0263. The molecule has 0 unspecified atom stereocenters. The van der Waals surface area contributed by atoms with Crippen molar-refractivity contribution < 1.29 is 28.6 Å². The van der Waals surface area contributed by atoms with Gasteiger partial charge in [-0.15, -0.1) is 0 Å². The lowest BCUT2D eigenvalue weighted by Gasteiger charge is -2.18. The fraction of sp³-hybridized carbons (Fsp3) is 0.755. The van der Waals surface area contributed by atoms with Gasteiger partial charge in [0.25, 0.3) is 0 Å². The molecule has 0 spiro atoms. The number of esters is 3. The van der Waals surface area contributed by atoms with Crippen molar-refractivity contribution in [2.45, 2.75) is 245 Å². The average molecular weight is 825 g/mol. The lowest BCUT2D eigenvalue weighted by Crippen LogP contribution is -2.30. The summed E-state index contributed by atoms with van der Waals surface area (Å²) >= 11 is 0. The molecule has 0 saturated carbocycles. The van der Waals surface area contributed by atoms with E-state index in [1.807, 2.05) is 0 Å². The number of carbonyl (C=O) groups excluding carboxylic acids is 3. The molecule has 0 aromatic rings. The van der Waals surface area contributed by atoms with E-state index in [1.165, 1.54) is 109 Å². The first kappa shape index (κ1) is 56.1. The maximum Gasteiger partial charge on any atom is 0.306 e. The maximum atomic E-state index is 12.7. The number of hydrogen-bond donors (Lipinski definition) is 0. The third kappa shape index (κ3) is 46.0. The standard InChI is InChI=1S/C53H92O6/c1-4-7-10-13-16-19-22-24-26-28-29-31-34-37-40-43-46-52(55)58-49-50(48-57-51(54)45-42-39-36-33-21-18-15-12-9-6-3)59-53(56)47-44-41-38-35-32-30-27-25-23-20-17-14-11-8-5-2/h8,11,17,20,25-28,32,35,50H,4-7,9-10,12-16,18-19,21-24,29-31,33-34,36-49H2,1-3H3/b11-8-,20-17-,27-25-,28-26-,35-32-/t50-/m1/s1. The Hall–Kier alpha value is -2.89. The molecule has 0 saturated heterocycles. The molecule has 6 heteroatoms. The average Bonchev–Trinajstić information content (AvgIpc) is 3.23. The first-order valence-electron chi connectivity index (χ1n) is 24.8. The van der Waals surface area contributed by atoms with Gasteiger partial charge in [0.05, 0.1) is 0 Å². The van der Waals surface area contributed by atoms with Crippen molar-refractivity contribution in [3.8, 4) is 0 Å². The van der Waals surface area contributed by atoms with Gasteiger partial charge in [0, 0.05) is 19.3 Å². The van der Waals surface area contributed by atoms with Crippen LogP contribution in [0.15, 0.2) is 60.8 Å². The van der Waals surface area contributed by atoms with Crippen LogP contribution in [0.4, 0.5) is 0 Å². The normalized spacial score (nSPS) is 12.5. The summed E-state index contributed by atoms with van der Waals surface area (Å²) in [5.41, 5.74) is 0. The SMILES string of the molecule is CC/C=C\C/C=C\C/C=C\C/C=C\CCCCC(=O)O[C@@H](COC(=O)CCCCCCC/C=C\CCCCCCCCC)COC(=O)CCCCCCCCCCCC.